The molecular formula is C14H16N2O4S. The average molecular weight is 308 g/mol. The molecule has 6 nitrogen and oxygen atoms in total. The molecule has 0 radical (unpaired) electrons. The third-order valence-corrected chi connectivity index (χ3v) is 6.02. The monoisotopic (exact) mass is 308 g/mol. The lowest BCUT2D eigenvalue weighted by Gasteiger charge is -2.47. The highest BCUT2D eigenvalue weighted by molar-refractivity contribution is 7.91. The van der Waals surface area contributed by atoms with Gasteiger partial charge in [-0.2, -0.15) is 5.26 Å². The molecule has 1 aromatic rings. The van der Waals surface area contributed by atoms with E-state index >= 15 is 0 Å². The zero-order valence-electron chi connectivity index (χ0n) is 11.3. The van der Waals surface area contributed by atoms with Crippen molar-refractivity contribution in [2.24, 2.45) is 5.73 Å². The molecule has 2 heterocycles. The maximum Gasteiger partial charge on any atom is 0.150 e. The number of fused-ring (bicyclic) bond motifs is 1. The van der Waals surface area contributed by atoms with Gasteiger partial charge in [-0.3, -0.25) is 0 Å². The summed E-state index contributed by atoms with van der Waals surface area (Å²) in [5.74, 6) is 0.497. The zero-order chi connectivity index (χ0) is 15.3. The molecule has 1 saturated heterocycles. The number of hydrogen-bond acceptors (Lipinski definition) is 6. The van der Waals surface area contributed by atoms with Gasteiger partial charge in [-0.1, -0.05) is 0 Å². The maximum absolute atomic E-state index is 11.6. The van der Waals surface area contributed by atoms with E-state index in [1.807, 2.05) is 6.07 Å². The summed E-state index contributed by atoms with van der Waals surface area (Å²) >= 11 is 0. The fourth-order valence-corrected chi connectivity index (χ4v) is 4.55. The van der Waals surface area contributed by atoms with Crippen LogP contribution in [0.5, 0.6) is 5.75 Å². The van der Waals surface area contributed by atoms with Gasteiger partial charge in [0.2, 0.25) is 0 Å². The Kier molecular flexibility index (Phi) is 3.20. The Morgan fingerprint density at radius 2 is 2.05 bits per heavy atom. The van der Waals surface area contributed by atoms with Crippen LogP contribution in [0, 0.1) is 11.3 Å². The molecule has 21 heavy (non-hydrogen) atoms. The van der Waals surface area contributed by atoms with Gasteiger partial charge in [0.1, 0.15) is 17.5 Å². The van der Waals surface area contributed by atoms with Crippen LogP contribution in [-0.2, 0) is 9.84 Å². The van der Waals surface area contributed by atoms with E-state index in [2.05, 4.69) is 0 Å². The number of benzene rings is 1. The Bertz CT molecular complexity index is 709. The molecule has 0 amide bonds. The lowest BCUT2D eigenvalue weighted by molar-refractivity contribution is -0.0867. The normalized spacial score (nSPS) is 29.2. The number of nitrogens with two attached hydrogens (primary N) is 1. The molecule has 1 fully saturated rings. The van der Waals surface area contributed by atoms with Crippen molar-refractivity contribution in [1.29, 1.82) is 5.26 Å². The van der Waals surface area contributed by atoms with Gasteiger partial charge in [0.05, 0.1) is 29.2 Å². The molecule has 2 aliphatic rings. The van der Waals surface area contributed by atoms with Crippen molar-refractivity contribution < 1.29 is 18.3 Å². The predicted octanol–water partition coefficient (Wildman–Crippen LogP) is 0.259. The highest BCUT2D eigenvalue weighted by atomic mass is 32.2. The largest absolute Gasteiger partial charge is 0.484 e. The first-order valence-electron chi connectivity index (χ1n) is 6.74. The number of hydrogen-bond donors (Lipinski definition) is 2. The number of rotatable bonds is 0. The van der Waals surface area contributed by atoms with Crippen LogP contribution in [0.15, 0.2) is 18.2 Å². The second-order valence-corrected chi connectivity index (χ2v) is 7.96. The number of sulfone groups is 1. The van der Waals surface area contributed by atoms with Gasteiger partial charge < -0.3 is 15.6 Å². The predicted molar refractivity (Wildman–Crippen MR) is 75.3 cm³/mol. The van der Waals surface area contributed by atoms with Crippen molar-refractivity contribution in [3.63, 3.8) is 0 Å². The first-order chi connectivity index (χ1) is 9.87. The van der Waals surface area contributed by atoms with Crippen molar-refractivity contribution in [1.82, 2.24) is 0 Å². The van der Waals surface area contributed by atoms with E-state index in [1.165, 1.54) is 0 Å². The second-order valence-electron chi connectivity index (χ2n) is 5.65. The summed E-state index contributed by atoms with van der Waals surface area (Å²) in [4.78, 5) is 0. The van der Waals surface area contributed by atoms with Crippen LogP contribution in [0.25, 0.3) is 0 Å². The summed E-state index contributed by atoms with van der Waals surface area (Å²) in [5.41, 5.74) is 6.18. The third-order valence-electron chi connectivity index (χ3n) is 4.36. The van der Waals surface area contributed by atoms with Crippen LogP contribution in [-0.4, -0.2) is 36.7 Å². The van der Waals surface area contributed by atoms with Crippen molar-refractivity contribution in [3.05, 3.63) is 29.3 Å². The van der Waals surface area contributed by atoms with Crippen LogP contribution in [0.4, 0.5) is 0 Å². The SMILES string of the molecule is N#Cc1ccc2c(c1)[C@@H](N)[C@H](O)C1(CCS(=O)(=O)CC1)O2. The summed E-state index contributed by atoms with van der Waals surface area (Å²) < 4.78 is 29.1. The van der Waals surface area contributed by atoms with Crippen LogP contribution < -0.4 is 10.5 Å². The highest BCUT2D eigenvalue weighted by Gasteiger charge is 2.51. The average Bonchev–Trinajstić information content (AvgIpc) is 2.48. The third kappa shape index (κ3) is 2.29. The Hall–Kier alpha value is -1.62. The Morgan fingerprint density at radius 3 is 2.67 bits per heavy atom. The van der Waals surface area contributed by atoms with Crippen molar-refractivity contribution in [2.75, 3.05) is 11.5 Å². The fourth-order valence-electron chi connectivity index (χ4n) is 3.03. The van der Waals surface area contributed by atoms with Gasteiger partial charge in [0.15, 0.2) is 9.84 Å². The number of ether oxygens (including phenoxy) is 1. The molecule has 0 unspecified atom stereocenters. The number of aliphatic hydroxyl groups is 1. The molecule has 1 aromatic carbocycles. The van der Waals surface area contributed by atoms with E-state index in [4.69, 9.17) is 15.7 Å². The van der Waals surface area contributed by atoms with Gasteiger partial charge in [0, 0.05) is 18.4 Å². The molecule has 3 rings (SSSR count). The second kappa shape index (κ2) is 4.70. The van der Waals surface area contributed by atoms with Gasteiger partial charge in [-0.25, -0.2) is 8.42 Å². The van der Waals surface area contributed by atoms with Crippen LogP contribution >= 0.6 is 0 Å². The maximum atomic E-state index is 11.6. The lowest BCUT2D eigenvalue weighted by Crippen LogP contribution is -2.58. The topological polar surface area (TPSA) is 113 Å². The number of nitriles is 1. The number of aliphatic hydroxyl groups excluding tert-OH is 1. The van der Waals surface area contributed by atoms with Crippen LogP contribution in [0.1, 0.15) is 30.0 Å². The summed E-state index contributed by atoms with van der Waals surface area (Å²) in [6.07, 6.45) is -0.540. The first kappa shape index (κ1) is 14.3. The quantitative estimate of drug-likeness (QED) is 0.710. The summed E-state index contributed by atoms with van der Waals surface area (Å²) in [6, 6.07) is 6.22. The van der Waals surface area contributed by atoms with E-state index < -0.39 is 27.6 Å². The van der Waals surface area contributed by atoms with Gasteiger partial charge in [-0.05, 0) is 18.2 Å². The molecule has 2 atom stereocenters. The van der Waals surface area contributed by atoms with E-state index in [0.717, 1.165) is 0 Å². The van der Waals surface area contributed by atoms with Crippen molar-refractivity contribution in [3.8, 4) is 11.8 Å². The molecule has 2 aliphatic heterocycles. The minimum Gasteiger partial charge on any atom is -0.484 e. The first-order valence-corrected chi connectivity index (χ1v) is 8.56. The minimum atomic E-state index is -3.06. The Morgan fingerprint density at radius 1 is 1.38 bits per heavy atom. The summed E-state index contributed by atoms with van der Waals surface area (Å²) in [7, 11) is -3.06. The van der Waals surface area contributed by atoms with Gasteiger partial charge in [-0.15, -0.1) is 0 Å². The summed E-state index contributed by atoms with van der Waals surface area (Å²) in [5, 5.41) is 19.4. The molecule has 0 aromatic heterocycles. The zero-order valence-corrected chi connectivity index (χ0v) is 12.1. The standard InChI is InChI=1S/C14H16N2O4S/c15-8-9-1-2-11-10(7-9)12(16)13(17)14(20-11)3-5-21(18,19)6-4-14/h1-2,7,12-13,17H,3-6,16H2/t12-,13+/m1/s1. The summed E-state index contributed by atoms with van der Waals surface area (Å²) in [6.45, 7) is 0. The van der Waals surface area contributed by atoms with E-state index in [-0.39, 0.29) is 24.3 Å². The molecule has 3 N–H and O–H groups in total. The lowest BCUT2D eigenvalue weighted by atomic mass is 9.80. The number of nitrogens with zero attached hydrogens (tertiary/aromatic N) is 1. The van der Waals surface area contributed by atoms with Crippen molar-refractivity contribution in [2.45, 2.75) is 30.6 Å². The van der Waals surface area contributed by atoms with Gasteiger partial charge in [0.25, 0.3) is 0 Å². The van der Waals surface area contributed by atoms with Gasteiger partial charge >= 0.3 is 0 Å². The Labute approximate surface area is 123 Å². The highest BCUT2D eigenvalue weighted by Crippen LogP contribution is 2.44. The van der Waals surface area contributed by atoms with Crippen LogP contribution in [0.3, 0.4) is 0 Å². The van der Waals surface area contributed by atoms with E-state index in [1.54, 1.807) is 18.2 Å². The molecular weight excluding hydrogens is 292 g/mol. The fraction of sp³-hybridized carbons (Fsp3) is 0.500. The molecule has 112 valence electrons. The van der Waals surface area contributed by atoms with E-state index in [9.17, 15) is 13.5 Å². The minimum absolute atomic E-state index is 0.0115. The molecule has 7 heteroatoms. The molecule has 0 bridgehead atoms. The van der Waals surface area contributed by atoms with E-state index in [0.29, 0.717) is 16.9 Å². The smallest absolute Gasteiger partial charge is 0.150 e. The van der Waals surface area contributed by atoms with Crippen molar-refractivity contribution >= 4 is 9.84 Å². The molecule has 1 spiro atoms. The Balaban J connectivity index is 1.99. The molecule has 0 saturated carbocycles. The van der Waals surface area contributed by atoms with Crippen LogP contribution in [0.2, 0.25) is 0 Å². The molecule has 0 aliphatic carbocycles.